The number of phenolic OH excluding ortho intramolecular Hbond substituents is 1. The van der Waals surface area contributed by atoms with Crippen molar-refractivity contribution >= 4 is 17.5 Å². The minimum absolute atomic E-state index is 0.0310. The second kappa shape index (κ2) is 4.47. The fraction of sp³-hybridized carbons (Fsp3) is 0.375. The summed E-state index contributed by atoms with van der Waals surface area (Å²) in [5.41, 5.74) is 1.21. The number of allylic oxidation sites excluding steroid dienone is 2. The lowest BCUT2D eigenvalue weighted by molar-refractivity contribution is -0.122. The number of hydrogen-bond donors (Lipinski definition) is 1. The van der Waals surface area contributed by atoms with Gasteiger partial charge in [-0.2, -0.15) is 0 Å². The number of carbonyl (C=O) groups is 2. The van der Waals surface area contributed by atoms with Crippen LogP contribution in [0.15, 0.2) is 30.4 Å². The number of amides is 2. The minimum Gasteiger partial charge on any atom is -0.506 e. The van der Waals surface area contributed by atoms with Gasteiger partial charge in [-0.1, -0.05) is 25.1 Å². The van der Waals surface area contributed by atoms with Crippen molar-refractivity contribution in [1.82, 2.24) is 0 Å². The molecule has 3 rings (SSSR count). The van der Waals surface area contributed by atoms with E-state index in [1.165, 1.54) is 11.0 Å². The molecule has 1 N–H and O–H groups in total. The van der Waals surface area contributed by atoms with Gasteiger partial charge in [-0.25, -0.2) is 4.90 Å². The summed E-state index contributed by atoms with van der Waals surface area (Å²) in [4.78, 5) is 26.3. The third-order valence-corrected chi connectivity index (χ3v) is 4.24. The Labute approximate surface area is 117 Å². The van der Waals surface area contributed by atoms with Crippen molar-refractivity contribution in [3.05, 3.63) is 35.9 Å². The van der Waals surface area contributed by atoms with Crippen molar-refractivity contribution in [3.63, 3.8) is 0 Å². The van der Waals surface area contributed by atoms with E-state index in [4.69, 9.17) is 0 Å². The first kappa shape index (κ1) is 12.9. The molecule has 4 heteroatoms. The third-order valence-electron chi connectivity index (χ3n) is 4.24. The average Bonchev–Trinajstić information content (AvgIpc) is 2.66. The van der Waals surface area contributed by atoms with Gasteiger partial charge in [-0.05, 0) is 37.0 Å². The summed E-state index contributed by atoms with van der Waals surface area (Å²) in [5, 5.41) is 9.97. The normalized spacial score (nSPS) is 28.9. The average molecular weight is 271 g/mol. The van der Waals surface area contributed by atoms with E-state index in [9.17, 15) is 14.7 Å². The molecular formula is C16H17NO3. The van der Waals surface area contributed by atoms with Gasteiger partial charge in [0.2, 0.25) is 11.8 Å². The molecule has 4 nitrogen and oxygen atoms in total. The highest BCUT2D eigenvalue weighted by atomic mass is 16.3. The molecule has 1 fully saturated rings. The number of aromatic hydroxyl groups is 1. The molecule has 1 aliphatic carbocycles. The van der Waals surface area contributed by atoms with Crippen LogP contribution in [0, 0.1) is 24.7 Å². The first-order valence-electron chi connectivity index (χ1n) is 6.85. The molecule has 0 aromatic heterocycles. The zero-order valence-corrected chi connectivity index (χ0v) is 11.5. The molecule has 2 aliphatic rings. The van der Waals surface area contributed by atoms with Crippen LogP contribution < -0.4 is 4.90 Å². The molecule has 3 atom stereocenters. The molecule has 0 spiro atoms. The van der Waals surface area contributed by atoms with Crippen LogP contribution in [-0.4, -0.2) is 16.9 Å². The lowest BCUT2D eigenvalue weighted by Crippen LogP contribution is -2.31. The van der Waals surface area contributed by atoms with E-state index in [1.54, 1.807) is 12.1 Å². The summed E-state index contributed by atoms with van der Waals surface area (Å²) >= 11 is 0. The maximum atomic E-state index is 12.6. The maximum absolute atomic E-state index is 12.6. The quantitative estimate of drug-likeness (QED) is 0.630. The fourth-order valence-corrected chi connectivity index (χ4v) is 3.20. The first-order chi connectivity index (χ1) is 9.50. The van der Waals surface area contributed by atoms with Crippen molar-refractivity contribution in [2.45, 2.75) is 20.3 Å². The largest absolute Gasteiger partial charge is 0.506 e. The molecule has 0 saturated carbocycles. The Kier molecular flexibility index (Phi) is 2.89. The highest BCUT2D eigenvalue weighted by molar-refractivity contribution is 6.23. The van der Waals surface area contributed by atoms with Crippen molar-refractivity contribution in [3.8, 4) is 5.75 Å². The van der Waals surface area contributed by atoms with E-state index in [0.29, 0.717) is 12.1 Å². The monoisotopic (exact) mass is 271 g/mol. The van der Waals surface area contributed by atoms with Crippen molar-refractivity contribution in [2.75, 3.05) is 4.90 Å². The molecule has 0 bridgehead atoms. The van der Waals surface area contributed by atoms with Crippen molar-refractivity contribution in [1.29, 1.82) is 0 Å². The second-order valence-electron chi connectivity index (χ2n) is 5.66. The highest BCUT2D eigenvalue weighted by Crippen LogP contribution is 2.42. The molecule has 104 valence electrons. The Morgan fingerprint density at radius 3 is 2.70 bits per heavy atom. The maximum Gasteiger partial charge on any atom is 0.238 e. The number of hydrogen-bond acceptors (Lipinski definition) is 3. The number of benzene rings is 1. The Morgan fingerprint density at radius 1 is 1.25 bits per heavy atom. The van der Waals surface area contributed by atoms with Gasteiger partial charge in [-0.15, -0.1) is 0 Å². The smallest absolute Gasteiger partial charge is 0.238 e. The SMILES string of the molecule is Cc1ccc(O)c(N2C(=O)[C@@H]3[C@@H](C)C=CC[C@H]3C2=O)c1. The first-order valence-corrected chi connectivity index (χ1v) is 6.85. The van der Waals surface area contributed by atoms with Crippen molar-refractivity contribution < 1.29 is 14.7 Å². The van der Waals surface area contributed by atoms with Crippen LogP contribution in [0.2, 0.25) is 0 Å². The molecule has 20 heavy (non-hydrogen) atoms. The van der Waals surface area contributed by atoms with Gasteiger partial charge in [0.25, 0.3) is 0 Å². The fourth-order valence-electron chi connectivity index (χ4n) is 3.20. The molecule has 2 amide bonds. The predicted molar refractivity (Wildman–Crippen MR) is 75.2 cm³/mol. The zero-order chi connectivity index (χ0) is 14.4. The lowest BCUT2D eigenvalue weighted by Gasteiger charge is -2.22. The lowest BCUT2D eigenvalue weighted by atomic mass is 9.78. The number of carbonyl (C=O) groups excluding carboxylic acids is 2. The number of anilines is 1. The summed E-state index contributed by atoms with van der Waals surface area (Å²) in [5.74, 6) is -0.955. The number of phenols is 1. The molecule has 0 unspecified atom stereocenters. The second-order valence-corrected chi connectivity index (χ2v) is 5.66. The topological polar surface area (TPSA) is 57.6 Å². The summed E-state index contributed by atoms with van der Waals surface area (Å²) in [7, 11) is 0. The number of aryl methyl sites for hydroxylation is 1. The van der Waals surface area contributed by atoms with Gasteiger partial charge in [-0.3, -0.25) is 9.59 Å². The molecule has 1 saturated heterocycles. The summed E-state index contributed by atoms with van der Waals surface area (Å²) in [6.07, 6.45) is 4.56. The Balaban J connectivity index is 2.06. The number of nitrogens with zero attached hydrogens (tertiary/aromatic N) is 1. The van der Waals surface area contributed by atoms with E-state index >= 15 is 0 Å². The van der Waals surface area contributed by atoms with E-state index in [1.807, 2.05) is 26.0 Å². The van der Waals surface area contributed by atoms with E-state index < -0.39 is 0 Å². The standard InChI is InChI=1S/C16H17NO3/c1-9-6-7-13(18)12(8-9)17-15(19)11-5-3-4-10(2)14(11)16(17)20/h3-4,6-8,10-11,14,18H,5H2,1-2H3/t10-,11+,14+/m0/s1. The summed E-state index contributed by atoms with van der Waals surface area (Å²) in [6.45, 7) is 3.82. The van der Waals surface area contributed by atoms with Crippen LogP contribution >= 0.6 is 0 Å². The molecular weight excluding hydrogens is 254 g/mol. The Hall–Kier alpha value is -2.10. The van der Waals surface area contributed by atoms with Gasteiger partial charge in [0.05, 0.1) is 17.5 Å². The predicted octanol–water partition coefficient (Wildman–Crippen LogP) is 2.40. The van der Waals surface area contributed by atoms with Crippen LogP contribution in [0.5, 0.6) is 5.75 Å². The van der Waals surface area contributed by atoms with Gasteiger partial charge >= 0.3 is 0 Å². The van der Waals surface area contributed by atoms with E-state index in [2.05, 4.69) is 0 Å². The van der Waals surface area contributed by atoms with Crippen LogP contribution in [0.3, 0.4) is 0 Å². The molecule has 1 aromatic carbocycles. The number of fused-ring (bicyclic) bond motifs is 1. The van der Waals surface area contributed by atoms with E-state index in [0.717, 1.165) is 5.56 Å². The zero-order valence-electron chi connectivity index (χ0n) is 11.5. The summed E-state index contributed by atoms with van der Waals surface area (Å²) < 4.78 is 0. The Bertz CT molecular complexity index is 620. The van der Waals surface area contributed by atoms with Gasteiger partial charge in [0.15, 0.2) is 0 Å². The van der Waals surface area contributed by atoms with Gasteiger partial charge in [0.1, 0.15) is 5.75 Å². The van der Waals surface area contributed by atoms with E-state index in [-0.39, 0.29) is 35.3 Å². The number of imide groups is 1. The van der Waals surface area contributed by atoms with Crippen LogP contribution in [0.25, 0.3) is 0 Å². The van der Waals surface area contributed by atoms with Gasteiger partial charge in [0, 0.05) is 0 Å². The highest BCUT2D eigenvalue weighted by Gasteiger charge is 2.50. The molecule has 1 aromatic rings. The number of rotatable bonds is 1. The van der Waals surface area contributed by atoms with Gasteiger partial charge < -0.3 is 5.11 Å². The third kappa shape index (κ3) is 1.75. The summed E-state index contributed by atoms with van der Waals surface area (Å²) in [6, 6.07) is 4.95. The minimum atomic E-state index is -0.299. The van der Waals surface area contributed by atoms with Crippen molar-refractivity contribution in [2.24, 2.45) is 17.8 Å². The van der Waals surface area contributed by atoms with Crippen LogP contribution in [0.4, 0.5) is 5.69 Å². The Morgan fingerprint density at radius 2 is 2.00 bits per heavy atom. The molecule has 1 aliphatic heterocycles. The molecule has 1 heterocycles. The molecule has 0 radical (unpaired) electrons. The van der Waals surface area contributed by atoms with Crippen LogP contribution in [0.1, 0.15) is 18.9 Å². The van der Waals surface area contributed by atoms with Crippen LogP contribution in [-0.2, 0) is 9.59 Å².